The minimum atomic E-state index is -4.24. The van der Waals surface area contributed by atoms with Gasteiger partial charge in [0.25, 0.3) is 5.91 Å². The SMILES string of the molecule is Cc1c(C(=O)NC(CC(C)C)C(=O)N[C@H]2CCCN(S(=O)(=O)c3cccc[n+]3[O-])CC2=O)oc2ccc(F)cc12. The maximum atomic E-state index is 13.7. The van der Waals surface area contributed by atoms with Crippen molar-refractivity contribution in [2.75, 3.05) is 13.1 Å². The van der Waals surface area contributed by atoms with E-state index in [9.17, 15) is 32.4 Å². The number of amides is 2. The number of benzene rings is 1. The summed E-state index contributed by atoms with van der Waals surface area (Å²) < 4.78 is 46.5. The molecule has 0 spiro atoms. The second kappa shape index (κ2) is 11.7. The summed E-state index contributed by atoms with van der Waals surface area (Å²) in [6, 6.07) is 5.88. The highest BCUT2D eigenvalue weighted by Gasteiger charge is 2.37. The lowest BCUT2D eigenvalue weighted by molar-refractivity contribution is -0.646. The number of hydrogen-bond donors (Lipinski definition) is 2. The fourth-order valence-electron chi connectivity index (χ4n) is 4.71. The zero-order valence-corrected chi connectivity index (χ0v) is 23.2. The summed E-state index contributed by atoms with van der Waals surface area (Å²) >= 11 is 0. The number of rotatable bonds is 8. The number of carbonyl (C=O) groups excluding carboxylic acids is 3. The normalized spacial score (nSPS) is 17.5. The molecule has 4 rings (SSSR count). The fourth-order valence-corrected chi connectivity index (χ4v) is 6.18. The number of furan rings is 1. The van der Waals surface area contributed by atoms with Crippen molar-refractivity contribution in [1.29, 1.82) is 0 Å². The zero-order valence-electron chi connectivity index (χ0n) is 22.3. The number of carbonyl (C=O) groups is 3. The van der Waals surface area contributed by atoms with Crippen LogP contribution in [0.2, 0.25) is 0 Å². The Morgan fingerprint density at radius 1 is 1.25 bits per heavy atom. The van der Waals surface area contributed by atoms with Gasteiger partial charge in [0.05, 0.1) is 12.6 Å². The zero-order chi connectivity index (χ0) is 29.2. The van der Waals surface area contributed by atoms with Gasteiger partial charge in [-0.25, -0.2) is 12.8 Å². The van der Waals surface area contributed by atoms with Crippen LogP contribution in [-0.4, -0.2) is 55.5 Å². The van der Waals surface area contributed by atoms with Gasteiger partial charge in [0.2, 0.25) is 5.91 Å². The number of hydrogen-bond acceptors (Lipinski definition) is 7. The van der Waals surface area contributed by atoms with E-state index >= 15 is 0 Å². The van der Waals surface area contributed by atoms with Crippen molar-refractivity contribution in [2.45, 2.75) is 57.1 Å². The number of fused-ring (bicyclic) bond motifs is 1. The Morgan fingerprint density at radius 2 is 2.00 bits per heavy atom. The van der Waals surface area contributed by atoms with E-state index in [4.69, 9.17) is 4.42 Å². The second-order valence-corrected chi connectivity index (χ2v) is 12.1. The lowest BCUT2D eigenvalue weighted by Gasteiger charge is -2.23. The number of Topliss-reactive ketones (excluding diaryl/α,β-unsaturated/α-hetero) is 1. The number of ketones is 1. The molecule has 2 atom stereocenters. The van der Waals surface area contributed by atoms with Crippen molar-refractivity contribution in [2.24, 2.45) is 5.92 Å². The molecule has 11 nitrogen and oxygen atoms in total. The quantitative estimate of drug-likeness (QED) is 0.309. The molecule has 0 bridgehead atoms. The van der Waals surface area contributed by atoms with Gasteiger partial charge < -0.3 is 20.3 Å². The van der Waals surface area contributed by atoms with Crippen molar-refractivity contribution in [3.05, 3.63) is 64.9 Å². The van der Waals surface area contributed by atoms with Crippen molar-refractivity contribution in [1.82, 2.24) is 14.9 Å². The van der Waals surface area contributed by atoms with Crippen molar-refractivity contribution < 1.29 is 36.3 Å². The standard InChI is InChI=1S/C27H31FN4O7S/c1-16(2)13-21(30-27(35)25-17(3)19-14-18(28)9-10-23(19)39-25)26(34)29-20-7-6-11-31(15-22(20)33)40(37,38)24-8-4-5-12-32(24)36/h4-5,8-10,12,14,16,20-21H,6-7,11,13,15H2,1-3H3,(H,29,34)(H,30,35)/t20-,21?/m0/s1. The first-order chi connectivity index (χ1) is 18.9. The molecule has 2 amide bonds. The lowest BCUT2D eigenvalue weighted by atomic mass is 10.0. The van der Waals surface area contributed by atoms with E-state index < -0.39 is 57.1 Å². The van der Waals surface area contributed by atoms with Gasteiger partial charge in [0.1, 0.15) is 17.4 Å². The molecular weight excluding hydrogens is 543 g/mol. The summed E-state index contributed by atoms with van der Waals surface area (Å²) in [6.07, 6.45) is 1.76. The topological polar surface area (TPSA) is 153 Å². The summed E-state index contributed by atoms with van der Waals surface area (Å²) in [5, 5.41) is 17.3. The molecule has 3 heterocycles. The second-order valence-electron chi connectivity index (χ2n) is 10.2. The van der Waals surface area contributed by atoms with Crippen LogP contribution in [0.4, 0.5) is 4.39 Å². The Balaban J connectivity index is 1.48. The molecule has 1 unspecified atom stereocenters. The first-order valence-electron chi connectivity index (χ1n) is 12.9. The number of aryl methyl sites for hydroxylation is 1. The molecule has 0 radical (unpaired) electrons. The van der Waals surface area contributed by atoms with Gasteiger partial charge >= 0.3 is 15.0 Å². The van der Waals surface area contributed by atoms with Crippen LogP contribution in [-0.2, 0) is 19.6 Å². The Kier molecular flexibility index (Phi) is 8.54. The van der Waals surface area contributed by atoms with Crippen molar-refractivity contribution in [3.63, 3.8) is 0 Å². The first kappa shape index (κ1) is 29.2. The molecule has 1 saturated heterocycles. The fraction of sp³-hybridized carbons (Fsp3) is 0.407. The largest absolute Gasteiger partial charge is 0.618 e. The molecule has 2 aromatic heterocycles. The number of aromatic nitrogens is 1. The van der Waals surface area contributed by atoms with Crippen LogP contribution in [0.5, 0.6) is 0 Å². The predicted molar refractivity (Wildman–Crippen MR) is 142 cm³/mol. The van der Waals surface area contributed by atoms with Gasteiger partial charge in [-0.2, -0.15) is 9.04 Å². The maximum absolute atomic E-state index is 13.7. The van der Waals surface area contributed by atoms with E-state index in [0.717, 1.165) is 16.6 Å². The summed E-state index contributed by atoms with van der Waals surface area (Å²) in [7, 11) is -4.24. The Bertz CT molecular complexity index is 1550. The van der Waals surface area contributed by atoms with E-state index in [-0.39, 0.29) is 42.2 Å². The number of halogens is 1. The highest BCUT2D eigenvalue weighted by molar-refractivity contribution is 7.89. The van der Waals surface area contributed by atoms with Crippen LogP contribution >= 0.6 is 0 Å². The molecule has 3 aromatic rings. The van der Waals surface area contributed by atoms with Crippen LogP contribution in [0.25, 0.3) is 11.0 Å². The van der Waals surface area contributed by atoms with Crippen LogP contribution in [0.15, 0.2) is 52.0 Å². The first-order valence-corrected chi connectivity index (χ1v) is 14.3. The van der Waals surface area contributed by atoms with E-state index in [1.165, 1.54) is 30.3 Å². The molecule has 1 aliphatic rings. The molecule has 0 aliphatic carbocycles. The van der Waals surface area contributed by atoms with Crippen LogP contribution in [0, 0.1) is 23.9 Å². The maximum Gasteiger partial charge on any atom is 0.323 e. The molecular formula is C27H31FN4O7S. The van der Waals surface area contributed by atoms with Gasteiger partial charge in [0, 0.05) is 29.6 Å². The highest BCUT2D eigenvalue weighted by atomic mass is 32.2. The third kappa shape index (κ3) is 6.15. The molecule has 2 N–H and O–H groups in total. The predicted octanol–water partition coefficient (Wildman–Crippen LogP) is 2.20. The number of pyridine rings is 1. The van der Waals surface area contributed by atoms with Crippen molar-refractivity contribution in [3.8, 4) is 0 Å². The van der Waals surface area contributed by atoms with E-state index in [0.29, 0.717) is 16.5 Å². The third-order valence-electron chi connectivity index (χ3n) is 6.76. The monoisotopic (exact) mass is 574 g/mol. The average molecular weight is 575 g/mol. The minimum absolute atomic E-state index is 0.00274. The Hall–Kier alpha value is -3.84. The Morgan fingerprint density at radius 3 is 2.70 bits per heavy atom. The molecule has 1 aromatic carbocycles. The van der Waals surface area contributed by atoms with E-state index in [2.05, 4.69) is 10.6 Å². The molecule has 40 heavy (non-hydrogen) atoms. The van der Waals surface area contributed by atoms with Gasteiger partial charge in [-0.3, -0.25) is 14.4 Å². The molecule has 1 aliphatic heterocycles. The average Bonchev–Trinajstić information content (AvgIpc) is 3.09. The summed E-state index contributed by atoms with van der Waals surface area (Å²) in [5.41, 5.74) is 0.754. The van der Waals surface area contributed by atoms with Gasteiger partial charge in [-0.15, -0.1) is 0 Å². The lowest BCUT2D eigenvalue weighted by Crippen LogP contribution is -2.53. The van der Waals surface area contributed by atoms with Gasteiger partial charge in [0.15, 0.2) is 17.7 Å². The van der Waals surface area contributed by atoms with E-state index in [1.54, 1.807) is 6.92 Å². The summed E-state index contributed by atoms with van der Waals surface area (Å²) in [4.78, 5) is 39.4. The van der Waals surface area contributed by atoms with Crippen molar-refractivity contribution >= 4 is 38.6 Å². The van der Waals surface area contributed by atoms with E-state index in [1.807, 2.05) is 13.8 Å². The third-order valence-corrected chi connectivity index (χ3v) is 8.60. The van der Waals surface area contributed by atoms with Gasteiger partial charge in [-0.05, 0) is 56.4 Å². The number of nitrogens with zero attached hydrogens (tertiary/aromatic N) is 2. The van der Waals surface area contributed by atoms with Gasteiger partial charge in [-0.1, -0.05) is 13.8 Å². The number of sulfonamides is 1. The molecule has 214 valence electrons. The summed E-state index contributed by atoms with van der Waals surface area (Å²) in [5.74, 6) is -2.32. The minimum Gasteiger partial charge on any atom is -0.618 e. The molecule has 1 fully saturated rings. The number of nitrogens with one attached hydrogen (secondary N) is 2. The Labute approximate surface area is 231 Å². The van der Waals surface area contributed by atoms with Crippen LogP contribution < -0.4 is 15.4 Å². The highest BCUT2D eigenvalue weighted by Crippen LogP contribution is 2.26. The smallest absolute Gasteiger partial charge is 0.323 e. The summed E-state index contributed by atoms with van der Waals surface area (Å²) in [6.45, 7) is 4.83. The molecule has 0 saturated carbocycles. The van der Waals surface area contributed by atoms with Crippen LogP contribution in [0.1, 0.15) is 49.2 Å². The van der Waals surface area contributed by atoms with Crippen LogP contribution in [0.3, 0.4) is 0 Å². The molecule has 13 heteroatoms.